The van der Waals surface area contributed by atoms with E-state index in [1.807, 2.05) is 0 Å². The summed E-state index contributed by atoms with van der Waals surface area (Å²) in [6, 6.07) is 2.72. The van der Waals surface area contributed by atoms with Gasteiger partial charge in [-0.1, -0.05) is 0 Å². The van der Waals surface area contributed by atoms with E-state index in [2.05, 4.69) is 30.1 Å². The first kappa shape index (κ1) is 28.2. The van der Waals surface area contributed by atoms with Gasteiger partial charge >= 0.3 is 5.97 Å². The van der Waals surface area contributed by atoms with Gasteiger partial charge in [0.05, 0.1) is 46.3 Å². The van der Waals surface area contributed by atoms with Crippen LogP contribution in [0.3, 0.4) is 0 Å². The maximum Gasteiger partial charge on any atom is 0.341 e. The molecule has 2 aliphatic heterocycles. The summed E-state index contributed by atoms with van der Waals surface area (Å²) in [5, 5.41) is 13.2. The van der Waals surface area contributed by atoms with Crippen LogP contribution in [0.4, 0.5) is 20.2 Å². The topological polar surface area (TPSA) is 129 Å². The van der Waals surface area contributed by atoms with Crippen LogP contribution in [-0.2, 0) is 11.8 Å². The second-order valence-electron chi connectivity index (χ2n) is 11.5. The molecule has 2 saturated heterocycles. The summed E-state index contributed by atoms with van der Waals surface area (Å²) in [5.74, 6) is -2.96. The number of nitrogens with zero attached hydrogens (tertiary/aromatic N) is 5. The molecule has 2 fully saturated rings. The molecule has 0 bridgehead atoms. The molecule has 3 N–H and O–H groups in total. The van der Waals surface area contributed by atoms with Crippen molar-refractivity contribution in [3.63, 3.8) is 0 Å². The molecule has 4 aromatic heterocycles. The standard InChI is InChI=1S/C31H31F2N7O4/c1-34-22-10-21(32)25(33)23-24-27(40-4-3-16(14-40)13-39-5-7-44-8-6-39)19(12-35-29(24)37-26(22)23)17-9-18-28(41)20(31(42)43)15-38(2)30(18)36-11-17/h9-12,15-16,34H,3-8,13-14H2,1-2H3,(H,35,37)(H,42,43). The van der Waals surface area contributed by atoms with E-state index in [0.717, 1.165) is 32.1 Å². The molecule has 2 aliphatic rings. The number of aromatic nitrogens is 4. The van der Waals surface area contributed by atoms with Gasteiger partial charge in [-0.3, -0.25) is 9.69 Å². The van der Waals surface area contributed by atoms with E-state index in [1.54, 1.807) is 32.6 Å². The predicted molar refractivity (Wildman–Crippen MR) is 164 cm³/mol. The van der Waals surface area contributed by atoms with Crippen molar-refractivity contribution in [1.29, 1.82) is 0 Å². The minimum absolute atomic E-state index is 0.0863. The van der Waals surface area contributed by atoms with Crippen molar-refractivity contribution >= 4 is 50.3 Å². The maximum absolute atomic E-state index is 15.7. The summed E-state index contributed by atoms with van der Waals surface area (Å²) in [7, 11) is 3.27. The summed E-state index contributed by atoms with van der Waals surface area (Å²) in [6.45, 7) is 5.41. The first-order chi connectivity index (χ1) is 21.2. The number of aryl methyl sites for hydroxylation is 1. The third-order valence-corrected chi connectivity index (χ3v) is 8.81. The van der Waals surface area contributed by atoms with Gasteiger partial charge in [-0.25, -0.2) is 23.5 Å². The second-order valence-corrected chi connectivity index (χ2v) is 11.5. The summed E-state index contributed by atoms with van der Waals surface area (Å²) >= 11 is 0. The molecule has 44 heavy (non-hydrogen) atoms. The van der Waals surface area contributed by atoms with Gasteiger partial charge in [0.25, 0.3) is 0 Å². The zero-order valence-corrected chi connectivity index (χ0v) is 24.3. The minimum atomic E-state index is -1.33. The molecular weight excluding hydrogens is 572 g/mol. The third kappa shape index (κ3) is 4.54. The average Bonchev–Trinajstić information content (AvgIpc) is 3.65. The van der Waals surface area contributed by atoms with Crippen molar-refractivity contribution in [2.24, 2.45) is 13.0 Å². The van der Waals surface area contributed by atoms with Crippen molar-refractivity contribution in [1.82, 2.24) is 24.4 Å². The quantitative estimate of drug-likeness (QED) is 0.266. The Hall–Kier alpha value is -4.62. The molecule has 1 atom stereocenters. The Bertz CT molecular complexity index is 2020. The lowest BCUT2D eigenvalue weighted by Crippen LogP contribution is -2.39. The Morgan fingerprint density at radius 3 is 2.70 bits per heavy atom. The number of fused-ring (bicyclic) bond motifs is 4. The number of aromatic amines is 1. The summed E-state index contributed by atoms with van der Waals surface area (Å²) in [6.07, 6.45) is 5.39. The molecule has 228 valence electrons. The van der Waals surface area contributed by atoms with Crippen LogP contribution in [0.15, 0.2) is 35.5 Å². The highest BCUT2D eigenvalue weighted by Crippen LogP contribution is 2.44. The van der Waals surface area contributed by atoms with E-state index in [1.165, 1.54) is 10.8 Å². The molecule has 11 nitrogen and oxygen atoms in total. The van der Waals surface area contributed by atoms with Crippen molar-refractivity contribution < 1.29 is 23.4 Å². The van der Waals surface area contributed by atoms with Gasteiger partial charge in [0, 0.05) is 82.6 Å². The van der Waals surface area contributed by atoms with Gasteiger partial charge in [-0.15, -0.1) is 0 Å². The zero-order valence-electron chi connectivity index (χ0n) is 24.3. The van der Waals surface area contributed by atoms with Crippen LogP contribution in [-0.4, -0.2) is 88.5 Å². The highest BCUT2D eigenvalue weighted by Gasteiger charge is 2.31. The van der Waals surface area contributed by atoms with Gasteiger partial charge < -0.3 is 29.6 Å². The number of benzene rings is 1. The van der Waals surface area contributed by atoms with E-state index in [9.17, 15) is 19.1 Å². The monoisotopic (exact) mass is 603 g/mol. The molecule has 6 heterocycles. The third-order valence-electron chi connectivity index (χ3n) is 8.81. The number of anilines is 2. The number of carbonyl (C=O) groups is 1. The van der Waals surface area contributed by atoms with Crippen LogP contribution in [0, 0.1) is 17.6 Å². The number of carboxylic acid groups (broad SMARTS) is 1. The van der Waals surface area contributed by atoms with Crippen molar-refractivity contribution in [2.75, 3.05) is 63.2 Å². The normalized spacial score (nSPS) is 17.7. The Labute approximate surface area is 250 Å². The van der Waals surface area contributed by atoms with Crippen molar-refractivity contribution in [2.45, 2.75) is 6.42 Å². The minimum Gasteiger partial charge on any atom is -0.477 e. The van der Waals surface area contributed by atoms with Gasteiger partial charge in [-0.05, 0) is 18.4 Å². The van der Waals surface area contributed by atoms with Crippen molar-refractivity contribution in [3.05, 3.63) is 58.1 Å². The van der Waals surface area contributed by atoms with Gasteiger partial charge in [0.2, 0.25) is 5.43 Å². The van der Waals surface area contributed by atoms with E-state index in [0.29, 0.717) is 76.9 Å². The number of halogens is 2. The number of ether oxygens (including phenoxy) is 1. The molecule has 5 aromatic rings. The van der Waals surface area contributed by atoms with Gasteiger partial charge in [0.1, 0.15) is 16.9 Å². The molecule has 0 saturated carbocycles. The molecule has 1 unspecified atom stereocenters. The summed E-state index contributed by atoms with van der Waals surface area (Å²) < 4.78 is 37.6. The number of carboxylic acids is 1. The number of H-pyrrole nitrogens is 1. The lowest BCUT2D eigenvalue weighted by atomic mass is 10.0. The first-order valence-corrected chi connectivity index (χ1v) is 14.5. The number of aromatic carboxylic acids is 1. The van der Waals surface area contributed by atoms with Gasteiger partial charge in [-0.2, -0.15) is 0 Å². The van der Waals surface area contributed by atoms with Crippen LogP contribution in [0.25, 0.3) is 44.1 Å². The molecule has 13 heteroatoms. The average molecular weight is 604 g/mol. The number of nitrogens with one attached hydrogen (secondary N) is 2. The lowest BCUT2D eigenvalue weighted by molar-refractivity contribution is 0.0320. The molecule has 0 amide bonds. The zero-order chi connectivity index (χ0) is 30.7. The van der Waals surface area contributed by atoms with E-state index in [4.69, 9.17) is 4.74 Å². The molecule has 0 radical (unpaired) electrons. The Morgan fingerprint density at radius 2 is 1.95 bits per heavy atom. The van der Waals surface area contributed by atoms with Crippen molar-refractivity contribution in [3.8, 4) is 11.1 Å². The Morgan fingerprint density at radius 1 is 1.16 bits per heavy atom. The fourth-order valence-corrected chi connectivity index (χ4v) is 6.68. The smallest absolute Gasteiger partial charge is 0.341 e. The molecule has 7 rings (SSSR count). The number of hydrogen-bond donors (Lipinski definition) is 3. The fraction of sp³-hybridized carbons (Fsp3) is 0.355. The molecule has 1 aromatic carbocycles. The van der Waals surface area contributed by atoms with Crippen LogP contribution in [0.1, 0.15) is 16.8 Å². The Kier molecular flexibility index (Phi) is 6.93. The van der Waals surface area contributed by atoms with E-state index in [-0.39, 0.29) is 16.3 Å². The summed E-state index contributed by atoms with van der Waals surface area (Å²) in [4.78, 5) is 41.9. The van der Waals surface area contributed by atoms with Gasteiger partial charge in [0.15, 0.2) is 11.6 Å². The number of rotatable bonds is 6. The number of pyridine rings is 3. The second kappa shape index (κ2) is 10.8. The highest BCUT2D eigenvalue weighted by molar-refractivity contribution is 6.18. The maximum atomic E-state index is 15.7. The first-order valence-electron chi connectivity index (χ1n) is 14.5. The van der Waals surface area contributed by atoms with Crippen LogP contribution >= 0.6 is 0 Å². The van der Waals surface area contributed by atoms with E-state index < -0.39 is 23.0 Å². The molecule has 0 spiro atoms. The predicted octanol–water partition coefficient (Wildman–Crippen LogP) is 3.81. The van der Waals surface area contributed by atoms with E-state index >= 15 is 4.39 Å². The van der Waals surface area contributed by atoms with Crippen LogP contribution in [0.2, 0.25) is 0 Å². The SMILES string of the molecule is CNc1cc(F)c(F)c2c1[nH]c1ncc(-c3cnc4c(c3)c(=O)c(C(=O)O)cn4C)c(N3CCC(CN4CCOCC4)C3)c12. The largest absolute Gasteiger partial charge is 0.477 e. The number of hydrogen-bond acceptors (Lipinski definition) is 8. The number of morpholine rings is 1. The highest BCUT2D eigenvalue weighted by atomic mass is 19.2. The Balaban J connectivity index is 1.45. The summed E-state index contributed by atoms with van der Waals surface area (Å²) in [5.41, 5.74) is 2.24. The fourth-order valence-electron chi connectivity index (χ4n) is 6.68. The van der Waals surface area contributed by atoms with Crippen LogP contribution in [0.5, 0.6) is 0 Å². The molecule has 0 aliphatic carbocycles. The lowest BCUT2D eigenvalue weighted by Gasteiger charge is -2.29. The van der Waals surface area contributed by atoms with Crippen LogP contribution < -0.4 is 15.6 Å². The molecular formula is C31H31F2N7O4.